The molecule has 0 aromatic carbocycles. The van der Waals surface area contributed by atoms with E-state index in [1.54, 1.807) is 6.08 Å². The number of hydrogen-bond acceptors (Lipinski definition) is 6. The number of allylic oxidation sites excluding steroid dienone is 4. The molecule has 198 valence electrons. The number of rotatable bonds is 5. The Morgan fingerprint density at radius 3 is 2.61 bits per heavy atom. The van der Waals surface area contributed by atoms with Gasteiger partial charge in [-0.2, -0.15) is 0 Å². The van der Waals surface area contributed by atoms with Gasteiger partial charge in [-0.25, -0.2) is 0 Å². The minimum atomic E-state index is -0.740. The van der Waals surface area contributed by atoms with Gasteiger partial charge in [0.2, 0.25) is 0 Å². The Balaban J connectivity index is 1.44. The molecule has 1 saturated heterocycles. The minimum absolute atomic E-state index is 0.0309. The fraction of sp³-hybridized carbons (Fsp3) is 0.767. The van der Waals surface area contributed by atoms with Gasteiger partial charge in [-0.1, -0.05) is 39.3 Å². The summed E-state index contributed by atoms with van der Waals surface area (Å²) in [7, 11) is 0. The van der Waals surface area contributed by atoms with Crippen molar-refractivity contribution in [2.45, 2.75) is 85.4 Å². The number of ether oxygens (including phenoxy) is 2. The Kier molecular flexibility index (Phi) is 6.50. The summed E-state index contributed by atoms with van der Waals surface area (Å²) < 4.78 is 11.4. The first-order valence-corrected chi connectivity index (χ1v) is 14.0. The molecule has 5 aliphatic rings. The van der Waals surface area contributed by atoms with Gasteiger partial charge >= 0.3 is 11.9 Å². The molecule has 4 aliphatic carbocycles. The number of carbonyl (C=O) groups is 3. The molecule has 6 heteroatoms. The van der Waals surface area contributed by atoms with Gasteiger partial charge in [-0.3, -0.25) is 14.4 Å². The molecule has 11 atom stereocenters. The second kappa shape index (κ2) is 9.11. The van der Waals surface area contributed by atoms with Crippen LogP contribution >= 0.6 is 0 Å². The molecule has 3 saturated carbocycles. The number of aliphatic hydroxyl groups excluding tert-OH is 1. The molecule has 0 aromatic rings. The van der Waals surface area contributed by atoms with Crippen LogP contribution in [-0.2, 0) is 23.9 Å². The van der Waals surface area contributed by atoms with Crippen molar-refractivity contribution in [1.82, 2.24) is 0 Å². The first-order chi connectivity index (χ1) is 17.0. The SMILES string of the molecule is CC(=O)OC[C@]12CC[C@H]3[C@@H](CCC4=CC(=O)C=C[C@@]43C)[C@@H]1CC[C@@H]2[C@H](C)[C@H](O)[C@@H]1OC(=O)[C@H](C)[C@H]1C. The normalized spacial score (nSPS) is 45.2. The first-order valence-electron chi connectivity index (χ1n) is 14.0. The zero-order valence-corrected chi connectivity index (χ0v) is 22.4. The number of ketones is 1. The van der Waals surface area contributed by atoms with Gasteiger partial charge < -0.3 is 14.6 Å². The second-order valence-corrected chi connectivity index (χ2v) is 12.7. The standard InChI is InChI=1S/C30H42O6/c1-16-17(2)28(34)36-27(16)26(33)18(3)23-8-9-25-22-7-6-20-14-21(32)10-12-29(20,5)24(22)11-13-30(23,25)15-35-19(4)31/h10,12,14,16-18,22-27,33H,6-9,11,13,15H2,1-5H3/t16-,17-,18+,22-,23-,24+,25+,26+,27-,29+,30+/m1/s1. The van der Waals surface area contributed by atoms with E-state index in [2.05, 4.69) is 19.9 Å². The van der Waals surface area contributed by atoms with E-state index in [-0.39, 0.29) is 52.2 Å². The van der Waals surface area contributed by atoms with E-state index in [1.807, 2.05) is 19.9 Å². The van der Waals surface area contributed by atoms with Crippen molar-refractivity contribution in [3.8, 4) is 0 Å². The van der Waals surface area contributed by atoms with Crippen LogP contribution in [0.1, 0.15) is 73.1 Å². The van der Waals surface area contributed by atoms with Crippen LogP contribution in [0.2, 0.25) is 0 Å². The fourth-order valence-corrected chi connectivity index (χ4v) is 9.12. The minimum Gasteiger partial charge on any atom is -0.465 e. The lowest BCUT2D eigenvalue weighted by atomic mass is 9.47. The molecule has 1 N–H and O–H groups in total. The number of aliphatic hydroxyl groups is 1. The molecule has 5 rings (SSSR count). The van der Waals surface area contributed by atoms with Crippen molar-refractivity contribution < 1.29 is 29.0 Å². The maximum atomic E-state index is 12.2. The smallest absolute Gasteiger partial charge is 0.309 e. The third-order valence-corrected chi connectivity index (χ3v) is 11.3. The molecule has 36 heavy (non-hydrogen) atoms. The number of hydrogen-bond donors (Lipinski definition) is 1. The third kappa shape index (κ3) is 3.81. The molecule has 4 fully saturated rings. The van der Waals surface area contributed by atoms with Crippen LogP contribution in [0.5, 0.6) is 0 Å². The lowest BCUT2D eigenvalue weighted by molar-refractivity contribution is -0.160. The van der Waals surface area contributed by atoms with Gasteiger partial charge in [-0.05, 0) is 80.3 Å². The lowest BCUT2D eigenvalue weighted by Gasteiger charge is -2.58. The summed E-state index contributed by atoms with van der Waals surface area (Å²) in [4.78, 5) is 36.3. The molecule has 0 amide bonds. The largest absolute Gasteiger partial charge is 0.465 e. The summed E-state index contributed by atoms with van der Waals surface area (Å²) in [5.74, 6) is 0.850. The summed E-state index contributed by atoms with van der Waals surface area (Å²) in [5, 5.41) is 11.5. The van der Waals surface area contributed by atoms with Crippen molar-refractivity contribution in [3.63, 3.8) is 0 Å². The molecule has 0 spiro atoms. The van der Waals surface area contributed by atoms with E-state index in [9.17, 15) is 19.5 Å². The summed E-state index contributed by atoms with van der Waals surface area (Å²) >= 11 is 0. The summed E-state index contributed by atoms with van der Waals surface area (Å²) in [5.41, 5.74) is 1.00. The van der Waals surface area contributed by atoms with Crippen molar-refractivity contribution in [2.75, 3.05) is 6.61 Å². The van der Waals surface area contributed by atoms with Crippen LogP contribution in [0.4, 0.5) is 0 Å². The molecule has 1 heterocycles. The molecule has 0 unspecified atom stereocenters. The fourth-order valence-electron chi connectivity index (χ4n) is 9.12. The molecular formula is C30H42O6. The predicted molar refractivity (Wildman–Crippen MR) is 134 cm³/mol. The quantitative estimate of drug-likeness (QED) is 0.555. The van der Waals surface area contributed by atoms with Crippen molar-refractivity contribution in [2.24, 2.45) is 52.3 Å². The topological polar surface area (TPSA) is 89.9 Å². The highest BCUT2D eigenvalue weighted by Gasteiger charge is 2.62. The van der Waals surface area contributed by atoms with E-state index >= 15 is 0 Å². The molecular weight excluding hydrogens is 456 g/mol. The maximum Gasteiger partial charge on any atom is 0.309 e. The van der Waals surface area contributed by atoms with Gasteiger partial charge in [0, 0.05) is 23.7 Å². The Morgan fingerprint density at radius 2 is 1.94 bits per heavy atom. The van der Waals surface area contributed by atoms with Gasteiger partial charge in [0.15, 0.2) is 5.78 Å². The van der Waals surface area contributed by atoms with E-state index < -0.39 is 12.2 Å². The average molecular weight is 499 g/mol. The van der Waals surface area contributed by atoms with Crippen LogP contribution in [0.15, 0.2) is 23.8 Å². The highest BCUT2D eigenvalue weighted by Crippen LogP contribution is 2.67. The van der Waals surface area contributed by atoms with Crippen LogP contribution in [-0.4, -0.2) is 41.6 Å². The van der Waals surface area contributed by atoms with Crippen molar-refractivity contribution >= 4 is 17.7 Å². The Labute approximate surface area is 214 Å². The van der Waals surface area contributed by atoms with Crippen molar-refractivity contribution in [1.29, 1.82) is 0 Å². The zero-order chi connectivity index (χ0) is 26.0. The predicted octanol–water partition coefficient (Wildman–Crippen LogP) is 4.65. The van der Waals surface area contributed by atoms with Crippen LogP contribution < -0.4 is 0 Å². The summed E-state index contributed by atoms with van der Waals surface area (Å²) in [6.45, 7) is 10.1. The number of fused-ring (bicyclic) bond motifs is 5. The molecule has 6 nitrogen and oxygen atoms in total. The first kappa shape index (κ1) is 25.7. The van der Waals surface area contributed by atoms with Crippen LogP contribution in [0, 0.1) is 52.3 Å². The number of carbonyl (C=O) groups excluding carboxylic acids is 3. The van der Waals surface area contributed by atoms with Crippen LogP contribution in [0.3, 0.4) is 0 Å². The van der Waals surface area contributed by atoms with Gasteiger partial charge in [0.1, 0.15) is 6.10 Å². The molecule has 0 bridgehead atoms. The molecule has 0 aromatic heterocycles. The monoisotopic (exact) mass is 498 g/mol. The van der Waals surface area contributed by atoms with E-state index in [1.165, 1.54) is 12.5 Å². The number of esters is 2. The lowest BCUT2D eigenvalue weighted by Crippen LogP contribution is -2.54. The highest BCUT2D eigenvalue weighted by atomic mass is 16.6. The third-order valence-electron chi connectivity index (χ3n) is 11.3. The molecule has 1 aliphatic heterocycles. The van der Waals surface area contributed by atoms with E-state index in [0.29, 0.717) is 24.4 Å². The van der Waals surface area contributed by atoms with E-state index in [0.717, 1.165) is 38.5 Å². The van der Waals surface area contributed by atoms with Gasteiger partial charge in [0.25, 0.3) is 0 Å². The highest BCUT2D eigenvalue weighted by molar-refractivity contribution is 6.01. The Morgan fingerprint density at radius 1 is 1.19 bits per heavy atom. The van der Waals surface area contributed by atoms with Crippen LogP contribution in [0.25, 0.3) is 0 Å². The van der Waals surface area contributed by atoms with Gasteiger partial charge in [0.05, 0.1) is 18.6 Å². The number of cyclic esters (lactones) is 1. The second-order valence-electron chi connectivity index (χ2n) is 12.7. The summed E-state index contributed by atoms with van der Waals surface area (Å²) in [6.07, 6.45) is 10.5. The van der Waals surface area contributed by atoms with E-state index in [4.69, 9.17) is 9.47 Å². The maximum absolute atomic E-state index is 12.2. The van der Waals surface area contributed by atoms with Crippen molar-refractivity contribution in [3.05, 3.63) is 23.8 Å². The van der Waals surface area contributed by atoms with Gasteiger partial charge in [-0.15, -0.1) is 0 Å². The Bertz CT molecular complexity index is 997. The zero-order valence-electron chi connectivity index (χ0n) is 22.4. The molecule has 0 radical (unpaired) electrons. The average Bonchev–Trinajstić information content (AvgIpc) is 3.35. The Hall–Kier alpha value is -1.95. The summed E-state index contributed by atoms with van der Waals surface area (Å²) in [6, 6.07) is 0.